The van der Waals surface area contributed by atoms with Crippen molar-refractivity contribution in [2.24, 2.45) is 5.73 Å². The molecule has 0 aromatic heterocycles. The molecule has 0 spiro atoms. The quantitative estimate of drug-likeness (QED) is 0.838. The van der Waals surface area contributed by atoms with Crippen LogP contribution in [0.4, 0.5) is 0 Å². The molecule has 1 aliphatic carbocycles. The first-order valence-electron chi connectivity index (χ1n) is 5.58. The van der Waals surface area contributed by atoms with Crippen LogP contribution in [-0.2, 0) is 11.3 Å². The van der Waals surface area contributed by atoms with Gasteiger partial charge in [-0.05, 0) is 31.0 Å². The highest BCUT2D eigenvalue weighted by molar-refractivity contribution is 9.10. The number of hydrogen-bond acceptors (Lipinski definition) is 3. The Kier molecular flexibility index (Phi) is 4.02. The van der Waals surface area contributed by atoms with Crippen LogP contribution in [0, 0.1) is 0 Å². The maximum absolute atomic E-state index is 10.7. The van der Waals surface area contributed by atoms with E-state index in [0.717, 1.165) is 16.6 Å². The van der Waals surface area contributed by atoms with E-state index < -0.39 is 5.91 Å². The molecule has 0 unspecified atom stereocenters. The molecule has 1 aromatic rings. The molecule has 17 heavy (non-hydrogen) atoms. The van der Waals surface area contributed by atoms with Gasteiger partial charge in [-0.1, -0.05) is 15.9 Å². The minimum Gasteiger partial charge on any atom is -0.483 e. The zero-order valence-corrected chi connectivity index (χ0v) is 11.0. The second-order valence-electron chi connectivity index (χ2n) is 4.16. The average molecular weight is 299 g/mol. The van der Waals surface area contributed by atoms with E-state index in [2.05, 4.69) is 21.2 Å². The Hall–Kier alpha value is -1.07. The predicted octanol–water partition coefficient (Wildman–Crippen LogP) is 1.57. The minimum absolute atomic E-state index is 0.0853. The largest absolute Gasteiger partial charge is 0.483 e. The van der Waals surface area contributed by atoms with Gasteiger partial charge in [0.1, 0.15) is 5.75 Å². The molecule has 4 nitrogen and oxygen atoms in total. The van der Waals surface area contributed by atoms with E-state index in [9.17, 15) is 4.79 Å². The van der Waals surface area contributed by atoms with Crippen molar-refractivity contribution >= 4 is 21.8 Å². The third kappa shape index (κ3) is 4.02. The van der Waals surface area contributed by atoms with Crippen LogP contribution in [0.5, 0.6) is 5.75 Å². The van der Waals surface area contributed by atoms with Gasteiger partial charge in [0, 0.05) is 22.6 Å². The molecule has 92 valence electrons. The molecule has 0 saturated heterocycles. The average Bonchev–Trinajstić information content (AvgIpc) is 3.08. The molecule has 0 heterocycles. The van der Waals surface area contributed by atoms with Gasteiger partial charge in [-0.2, -0.15) is 0 Å². The molecule has 0 bridgehead atoms. The highest BCUT2D eigenvalue weighted by Gasteiger charge is 2.20. The van der Waals surface area contributed by atoms with Crippen molar-refractivity contribution in [3.8, 4) is 5.75 Å². The van der Waals surface area contributed by atoms with Crippen LogP contribution >= 0.6 is 15.9 Å². The summed E-state index contributed by atoms with van der Waals surface area (Å²) >= 11 is 3.42. The van der Waals surface area contributed by atoms with Crippen molar-refractivity contribution in [1.29, 1.82) is 0 Å². The summed E-state index contributed by atoms with van der Waals surface area (Å²) in [5, 5.41) is 3.41. The fraction of sp³-hybridized carbons (Fsp3) is 0.417. The number of halogens is 1. The Morgan fingerprint density at radius 1 is 1.53 bits per heavy atom. The van der Waals surface area contributed by atoms with Crippen LogP contribution in [-0.4, -0.2) is 18.6 Å². The number of carbonyl (C=O) groups is 1. The number of primary amides is 1. The maximum Gasteiger partial charge on any atom is 0.255 e. The zero-order valence-electron chi connectivity index (χ0n) is 9.41. The summed E-state index contributed by atoms with van der Waals surface area (Å²) in [6.07, 6.45) is 2.48. The molecular weight excluding hydrogens is 284 g/mol. The molecule has 5 heteroatoms. The number of rotatable bonds is 6. The number of ether oxygens (including phenoxy) is 1. The number of carbonyl (C=O) groups excluding carboxylic acids is 1. The van der Waals surface area contributed by atoms with Gasteiger partial charge in [0.15, 0.2) is 6.61 Å². The van der Waals surface area contributed by atoms with E-state index in [0.29, 0.717) is 11.8 Å². The fourth-order valence-electron chi connectivity index (χ4n) is 1.52. The van der Waals surface area contributed by atoms with Crippen LogP contribution < -0.4 is 15.8 Å². The molecule has 1 aliphatic rings. The van der Waals surface area contributed by atoms with E-state index in [1.807, 2.05) is 18.2 Å². The lowest BCUT2D eigenvalue weighted by Crippen LogP contribution is -2.21. The number of hydrogen-bond donors (Lipinski definition) is 2. The van der Waals surface area contributed by atoms with E-state index in [-0.39, 0.29) is 6.61 Å². The van der Waals surface area contributed by atoms with Gasteiger partial charge in [-0.15, -0.1) is 0 Å². The minimum atomic E-state index is -0.464. The predicted molar refractivity (Wildman–Crippen MR) is 68.7 cm³/mol. The molecule has 2 rings (SSSR count). The maximum atomic E-state index is 10.7. The first kappa shape index (κ1) is 12.4. The topological polar surface area (TPSA) is 64.4 Å². The first-order chi connectivity index (χ1) is 8.15. The fourth-order valence-corrected chi connectivity index (χ4v) is 1.93. The summed E-state index contributed by atoms with van der Waals surface area (Å²) in [5.74, 6) is 0.245. The lowest BCUT2D eigenvalue weighted by atomic mass is 10.2. The summed E-state index contributed by atoms with van der Waals surface area (Å²) in [7, 11) is 0. The summed E-state index contributed by atoms with van der Waals surface area (Å²) in [4.78, 5) is 10.7. The first-order valence-corrected chi connectivity index (χ1v) is 6.37. The second kappa shape index (κ2) is 5.51. The van der Waals surface area contributed by atoms with Gasteiger partial charge in [-0.3, -0.25) is 4.79 Å². The van der Waals surface area contributed by atoms with Gasteiger partial charge in [0.2, 0.25) is 0 Å². The van der Waals surface area contributed by atoms with Crippen LogP contribution in [0.15, 0.2) is 22.7 Å². The summed E-state index contributed by atoms with van der Waals surface area (Å²) < 4.78 is 6.37. The Bertz CT molecular complexity index is 419. The summed E-state index contributed by atoms with van der Waals surface area (Å²) in [6.45, 7) is 0.663. The van der Waals surface area contributed by atoms with Crippen LogP contribution in [0.2, 0.25) is 0 Å². The zero-order chi connectivity index (χ0) is 12.3. The monoisotopic (exact) mass is 298 g/mol. The third-order valence-corrected chi connectivity index (χ3v) is 3.04. The standard InChI is InChI=1S/C12H15BrN2O2/c13-9-1-4-11(17-7-12(14)16)8(5-9)6-15-10-2-3-10/h1,4-5,10,15H,2-3,6-7H2,(H2,14,16). The number of benzene rings is 1. The number of amides is 1. The smallest absolute Gasteiger partial charge is 0.255 e. The van der Waals surface area contributed by atoms with Gasteiger partial charge >= 0.3 is 0 Å². The van der Waals surface area contributed by atoms with Gasteiger partial charge in [-0.25, -0.2) is 0 Å². The van der Waals surface area contributed by atoms with Crippen molar-refractivity contribution in [2.75, 3.05) is 6.61 Å². The van der Waals surface area contributed by atoms with E-state index in [1.165, 1.54) is 12.8 Å². The van der Waals surface area contributed by atoms with Crippen molar-refractivity contribution in [3.63, 3.8) is 0 Å². The highest BCUT2D eigenvalue weighted by Crippen LogP contribution is 2.25. The van der Waals surface area contributed by atoms with Crippen LogP contribution in [0.3, 0.4) is 0 Å². The van der Waals surface area contributed by atoms with Crippen molar-refractivity contribution in [3.05, 3.63) is 28.2 Å². The van der Waals surface area contributed by atoms with Gasteiger partial charge in [0.05, 0.1) is 0 Å². The molecule has 0 radical (unpaired) electrons. The van der Waals surface area contributed by atoms with E-state index in [4.69, 9.17) is 10.5 Å². The Labute approximate surface area is 109 Å². The number of nitrogens with two attached hydrogens (primary N) is 1. The second-order valence-corrected chi connectivity index (χ2v) is 5.08. The molecule has 0 atom stereocenters. The van der Waals surface area contributed by atoms with Crippen molar-refractivity contribution in [2.45, 2.75) is 25.4 Å². The van der Waals surface area contributed by atoms with E-state index in [1.54, 1.807) is 0 Å². The number of nitrogens with one attached hydrogen (secondary N) is 1. The third-order valence-electron chi connectivity index (χ3n) is 2.55. The lowest BCUT2D eigenvalue weighted by molar-refractivity contribution is -0.119. The summed E-state index contributed by atoms with van der Waals surface area (Å²) in [6, 6.07) is 6.36. The summed E-state index contributed by atoms with van der Waals surface area (Å²) in [5.41, 5.74) is 6.10. The van der Waals surface area contributed by atoms with Crippen molar-refractivity contribution in [1.82, 2.24) is 5.32 Å². The highest BCUT2D eigenvalue weighted by atomic mass is 79.9. The van der Waals surface area contributed by atoms with Crippen molar-refractivity contribution < 1.29 is 9.53 Å². The molecule has 1 amide bonds. The normalized spacial score (nSPS) is 14.6. The van der Waals surface area contributed by atoms with Crippen LogP contribution in [0.25, 0.3) is 0 Å². The molecule has 0 aliphatic heterocycles. The molecule has 3 N–H and O–H groups in total. The van der Waals surface area contributed by atoms with Gasteiger partial charge in [0.25, 0.3) is 5.91 Å². The molecule has 1 aromatic carbocycles. The lowest BCUT2D eigenvalue weighted by Gasteiger charge is -2.11. The van der Waals surface area contributed by atoms with Gasteiger partial charge < -0.3 is 15.8 Å². The molecule has 1 saturated carbocycles. The molecule has 1 fully saturated rings. The Morgan fingerprint density at radius 3 is 2.94 bits per heavy atom. The Balaban J connectivity index is 2.02. The molecular formula is C12H15BrN2O2. The van der Waals surface area contributed by atoms with Crippen LogP contribution in [0.1, 0.15) is 18.4 Å². The Morgan fingerprint density at radius 2 is 2.29 bits per heavy atom. The van der Waals surface area contributed by atoms with E-state index >= 15 is 0 Å². The SMILES string of the molecule is NC(=O)COc1ccc(Br)cc1CNC1CC1.